The van der Waals surface area contributed by atoms with Gasteiger partial charge in [-0.1, -0.05) is 0 Å². The van der Waals surface area contributed by atoms with Gasteiger partial charge in [0.25, 0.3) is 5.91 Å². The lowest BCUT2D eigenvalue weighted by molar-refractivity contribution is 0.0700. The molecular formula is C19H26N6O2. The molecule has 2 fully saturated rings. The summed E-state index contributed by atoms with van der Waals surface area (Å²) in [7, 11) is 3.45. The van der Waals surface area contributed by atoms with Crippen molar-refractivity contribution in [2.24, 2.45) is 7.05 Å². The highest BCUT2D eigenvalue weighted by atomic mass is 16.5. The number of hydrogen-bond acceptors (Lipinski definition) is 6. The maximum Gasteiger partial charge on any atom is 0.272 e. The first-order valence-corrected chi connectivity index (χ1v) is 9.51. The highest BCUT2D eigenvalue weighted by Gasteiger charge is 2.37. The van der Waals surface area contributed by atoms with Crippen molar-refractivity contribution in [3.63, 3.8) is 0 Å². The Balaban J connectivity index is 1.45. The minimum atomic E-state index is 0.0678. The Bertz CT molecular complexity index is 823. The SMILES string of the molecule is COc1cc(N(C2CC2)C2CCN(C(=O)c3cc(C)nn3C)CC2)ncn1. The molecule has 4 rings (SSSR count). The fourth-order valence-corrected chi connectivity index (χ4v) is 3.93. The second-order valence-corrected chi connectivity index (χ2v) is 7.37. The van der Waals surface area contributed by atoms with Crippen molar-refractivity contribution < 1.29 is 9.53 Å². The van der Waals surface area contributed by atoms with E-state index in [4.69, 9.17) is 4.74 Å². The molecule has 0 atom stereocenters. The quantitative estimate of drug-likeness (QED) is 0.799. The van der Waals surface area contributed by atoms with Crippen LogP contribution in [-0.2, 0) is 7.05 Å². The number of likely N-dealkylation sites (tertiary alicyclic amines) is 1. The van der Waals surface area contributed by atoms with Crippen LogP contribution in [-0.4, -0.2) is 62.8 Å². The number of piperidine rings is 1. The maximum absolute atomic E-state index is 12.8. The average Bonchev–Trinajstić information content (AvgIpc) is 3.45. The maximum atomic E-state index is 12.8. The molecule has 1 aliphatic heterocycles. The molecule has 0 aromatic carbocycles. The van der Waals surface area contributed by atoms with E-state index in [1.165, 1.54) is 12.8 Å². The smallest absolute Gasteiger partial charge is 0.272 e. The molecule has 0 unspecified atom stereocenters. The van der Waals surface area contributed by atoms with E-state index in [0.717, 1.165) is 37.4 Å². The number of aromatic nitrogens is 4. The number of carbonyl (C=O) groups is 1. The number of aryl methyl sites for hydroxylation is 2. The van der Waals surface area contributed by atoms with Gasteiger partial charge in [-0.05, 0) is 38.7 Å². The van der Waals surface area contributed by atoms with Crippen molar-refractivity contribution in [1.82, 2.24) is 24.6 Å². The third kappa shape index (κ3) is 3.61. The van der Waals surface area contributed by atoms with Crippen LogP contribution in [0, 0.1) is 6.92 Å². The predicted molar refractivity (Wildman–Crippen MR) is 101 cm³/mol. The number of carbonyl (C=O) groups excluding carboxylic acids is 1. The fraction of sp³-hybridized carbons (Fsp3) is 0.579. The topological polar surface area (TPSA) is 76.4 Å². The molecule has 0 spiro atoms. The first-order valence-electron chi connectivity index (χ1n) is 9.51. The second-order valence-electron chi connectivity index (χ2n) is 7.37. The molecule has 1 saturated heterocycles. The number of rotatable bonds is 5. The van der Waals surface area contributed by atoms with Crippen LogP contribution in [0.4, 0.5) is 5.82 Å². The second kappa shape index (κ2) is 7.17. The standard InChI is InChI=1S/C19H26N6O2/c1-13-10-16(23(2)22-13)19(26)24-8-6-15(7-9-24)25(14-4-5-14)17-11-18(27-3)21-12-20-17/h10-12,14-15H,4-9H2,1-3H3. The summed E-state index contributed by atoms with van der Waals surface area (Å²) in [5.41, 5.74) is 1.53. The Morgan fingerprint density at radius 2 is 1.85 bits per heavy atom. The lowest BCUT2D eigenvalue weighted by Crippen LogP contribution is -2.48. The van der Waals surface area contributed by atoms with Crippen LogP contribution < -0.4 is 9.64 Å². The monoisotopic (exact) mass is 370 g/mol. The third-order valence-corrected chi connectivity index (χ3v) is 5.41. The van der Waals surface area contributed by atoms with E-state index in [9.17, 15) is 4.79 Å². The molecule has 1 aliphatic carbocycles. The summed E-state index contributed by atoms with van der Waals surface area (Å²) in [4.78, 5) is 25.8. The lowest BCUT2D eigenvalue weighted by atomic mass is 10.0. The van der Waals surface area contributed by atoms with Crippen molar-refractivity contribution >= 4 is 11.7 Å². The highest BCUT2D eigenvalue weighted by Crippen LogP contribution is 2.36. The van der Waals surface area contributed by atoms with E-state index < -0.39 is 0 Å². The summed E-state index contributed by atoms with van der Waals surface area (Å²) < 4.78 is 6.94. The molecule has 1 amide bonds. The number of ether oxygens (including phenoxy) is 1. The average molecular weight is 370 g/mol. The normalized spacial score (nSPS) is 17.8. The number of methoxy groups -OCH3 is 1. The van der Waals surface area contributed by atoms with Crippen LogP contribution in [0.25, 0.3) is 0 Å². The van der Waals surface area contributed by atoms with Crippen molar-refractivity contribution in [2.75, 3.05) is 25.1 Å². The van der Waals surface area contributed by atoms with Gasteiger partial charge in [0.2, 0.25) is 5.88 Å². The number of hydrogen-bond donors (Lipinski definition) is 0. The summed E-state index contributed by atoms with van der Waals surface area (Å²) in [6.45, 7) is 3.41. The van der Waals surface area contributed by atoms with Crippen LogP contribution in [0.1, 0.15) is 41.9 Å². The van der Waals surface area contributed by atoms with E-state index in [1.54, 1.807) is 18.1 Å². The zero-order valence-corrected chi connectivity index (χ0v) is 16.1. The number of amides is 1. The molecule has 144 valence electrons. The van der Waals surface area contributed by atoms with Gasteiger partial charge in [0.1, 0.15) is 17.8 Å². The minimum absolute atomic E-state index is 0.0678. The molecule has 3 heterocycles. The van der Waals surface area contributed by atoms with Gasteiger partial charge < -0.3 is 14.5 Å². The van der Waals surface area contributed by atoms with Crippen LogP contribution in [0.2, 0.25) is 0 Å². The van der Waals surface area contributed by atoms with Gasteiger partial charge in [0.05, 0.1) is 12.8 Å². The van der Waals surface area contributed by atoms with E-state index in [2.05, 4.69) is 20.0 Å². The lowest BCUT2D eigenvalue weighted by Gasteiger charge is -2.39. The third-order valence-electron chi connectivity index (χ3n) is 5.41. The zero-order valence-electron chi connectivity index (χ0n) is 16.1. The summed E-state index contributed by atoms with van der Waals surface area (Å²) >= 11 is 0. The highest BCUT2D eigenvalue weighted by molar-refractivity contribution is 5.92. The van der Waals surface area contributed by atoms with E-state index in [0.29, 0.717) is 23.7 Å². The van der Waals surface area contributed by atoms with Crippen LogP contribution >= 0.6 is 0 Å². The molecule has 27 heavy (non-hydrogen) atoms. The van der Waals surface area contributed by atoms with Crippen molar-refractivity contribution in [3.8, 4) is 5.88 Å². The molecule has 0 radical (unpaired) electrons. The minimum Gasteiger partial charge on any atom is -0.481 e. The Hall–Kier alpha value is -2.64. The molecule has 8 nitrogen and oxygen atoms in total. The van der Waals surface area contributed by atoms with Gasteiger partial charge in [-0.15, -0.1) is 0 Å². The Morgan fingerprint density at radius 1 is 1.15 bits per heavy atom. The molecule has 8 heteroatoms. The van der Waals surface area contributed by atoms with Gasteiger partial charge in [0, 0.05) is 38.3 Å². The largest absolute Gasteiger partial charge is 0.481 e. The Kier molecular flexibility index (Phi) is 4.72. The van der Waals surface area contributed by atoms with Gasteiger partial charge in [-0.25, -0.2) is 9.97 Å². The van der Waals surface area contributed by atoms with Gasteiger partial charge in [-0.3, -0.25) is 9.48 Å². The summed E-state index contributed by atoms with van der Waals surface area (Å²) in [6, 6.07) is 4.69. The van der Waals surface area contributed by atoms with Crippen LogP contribution in [0.3, 0.4) is 0 Å². The Labute approximate surface area is 159 Å². The first-order chi connectivity index (χ1) is 13.1. The molecule has 0 bridgehead atoms. The summed E-state index contributed by atoms with van der Waals surface area (Å²) in [5.74, 6) is 1.58. The van der Waals surface area contributed by atoms with Crippen molar-refractivity contribution in [2.45, 2.75) is 44.7 Å². The number of anilines is 1. The molecule has 2 aromatic heterocycles. The van der Waals surface area contributed by atoms with Crippen molar-refractivity contribution in [3.05, 3.63) is 29.8 Å². The zero-order chi connectivity index (χ0) is 19.0. The molecule has 0 N–H and O–H groups in total. The molecule has 2 aliphatic rings. The van der Waals surface area contributed by atoms with E-state index >= 15 is 0 Å². The van der Waals surface area contributed by atoms with E-state index in [-0.39, 0.29) is 5.91 Å². The molecule has 1 saturated carbocycles. The summed E-state index contributed by atoms with van der Waals surface area (Å²) in [6.07, 6.45) is 5.82. The van der Waals surface area contributed by atoms with Gasteiger partial charge in [-0.2, -0.15) is 5.10 Å². The first kappa shape index (κ1) is 17.8. The van der Waals surface area contributed by atoms with Crippen molar-refractivity contribution in [1.29, 1.82) is 0 Å². The fourth-order valence-electron chi connectivity index (χ4n) is 3.93. The van der Waals surface area contributed by atoms with E-state index in [1.807, 2.05) is 31.0 Å². The van der Waals surface area contributed by atoms with Gasteiger partial charge >= 0.3 is 0 Å². The molecule has 2 aromatic rings. The van der Waals surface area contributed by atoms with Crippen LogP contribution in [0.5, 0.6) is 5.88 Å². The number of nitrogens with zero attached hydrogens (tertiary/aromatic N) is 6. The Morgan fingerprint density at radius 3 is 2.44 bits per heavy atom. The van der Waals surface area contributed by atoms with Crippen LogP contribution in [0.15, 0.2) is 18.5 Å². The summed E-state index contributed by atoms with van der Waals surface area (Å²) in [5, 5.41) is 4.29. The van der Waals surface area contributed by atoms with Gasteiger partial charge in [0.15, 0.2) is 0 Å². The predicted octanol–water partition coefficient (Wildman–Crippen LogP) is 1.80. The molecular weight excluding hydrogens is 344 g/mol.